The zero-order valence-electron chi connectivity index (χ0n) is 12.5. The summed E-state index contributed by atoms with van der Waals surface area (Å²) in [5.41, 5.74) is 2.74. The van der Waals surface area contributed by atoms with Gasteiger partial charge in [-0.3, -0.25) is 0 Å². The molecule has 0 saturated heterocycles. The van der Waals surface area contributed by atoms with Gasteiger partial charge in [0.25, 0.3) is 0 Å². The van der Waals surface area contributed by atoms with E-state index in [1.165, 1.54) is 6.07 Å². The minimum absolute atomic E-state index is 0.251. The average molecular weight is 352 g/mol. The molecule has 0 aliphatic rings. The smallest absolute Gasteiger partial charge is 0.134 e. The first-order valence-corrected chi connectivity index (χ1v) is 7.75. The van der Waals surface area contributed by atoms with Crippen molar-refractivity contribution in [2.24, 2.45) is 0 Å². The number of halogens is 2. The van der Waals surface area contributed by atoms with Crippen molar-refractivity contribution in [3.63, 3.8) is 0 Å². The third-order valence-corrected chi connectivity index (χ3v) is 4.52. The lowest BCUT2D eigenvalue weighted by molar-refractivity contribution is 0.462. The minimum atomic E-state index is -0.251. The van der Waals surface area contributed by atoms with E-state index in [0.717, 1.165) is 27.9 Å². The molecule has 0 aliphatic heterocycles. The molecule has 4 heteroatoms. The Morgan fingerprint density at radius 1 is 1.19 bits per heavy atom. The van der Waals surface area contributed by atoms with Gasteiger partial charge in [0.2, 0.25) is 0 Å². The minimum Gasteiger partial charge on any atom is -0.457 e. The van der Waals surface area contributed by atoms with Crippen molar-refractivity contribution in [1.82, 2.24) is 5.32 Å². The average Bonchev–Trinajstić information content (AvgIpc) is 2.44. The topological polar surface area (TPSA) is 21.3 Å². The molecule has 0 fully saturated rings. The molecule has 0 atom stereocenters. The van der Waals surface area contributed by atoms with Gasteiger partial charge >= 0.3 is 0 Å². The van der Waals surface area contributed by atoms with Gasteiger partial charge in [0.05, 0.1) is 0 Å². The van der Waals surface area contributed by atoms with Gasteiger partial charge in [-0.1, -0.05) is 28.9 Å². The predicted molar refractivity (Wildman–Crippen MR) is 87.5 cm³/mol. The van der Waals surface area contributed by atoms with Gasteiger partial charge in [0.15, 0.2) is 0 Å². The van der Waals surface area contributed by atoms with Crippen molar-refractivity contribution < 1.29 is 9.13 Å². The van der Waals surface area contributed by atoms with Crippen LogP contribution in [-0.4, -0.2) is 6.54 Å². The lowest BCUT2D eigenvalue weighted by Gasteiger charge is -2.14. The molecular formula is C17H19BrFNO. The fraction of sp³-hybridized carbons (Fsp3) is 0.294. The molecule has 2 nitrogen and oxygen atoms in total. The van der Waals surface area contributed by atoms with Crippen LogP contribution in [0.25, 0.3) is 0 Å². The lowest BCUT2D eigenvalue weighted by Crippen LogP contribution is -2.13. The summed E-state index contributed by atoms with van der Waals surface area (Å²) in [5.74, 6) is 1.02. The summed E-state index contributed by atoms with van der Waals surface area (Å²) in [6, 6.07) is 8.80. The van der Waals surface area contributed by atoms with E-state index in [0.29, 0.717) is 17.9 Å². The molecule has 0 amide bonds. The van der Waals surface area contributed by atoms with Gasteiger partial charge < -0.3 is 10.1 Å². The second kappa shape index (κ2) is 7.05. The summed E-state index contributed by atoms with van der Waals surface area (Å²) in [7, 11) is 0. The molecule has 2 rings (SSSR count). The van der Waals surface area contributed by atoms with Crippen molar-refractivity contribution in [3.05, 3.63) is 57.3 Å². The maximum atomic E-state index is 14.0. The van der Waals surface area contributed by atoms with Crippen molar-refractivity contribution in [3.8, 4) is 11.5 Å². The first-order chi connectivity index (χ1) is 10.0. The Balaban J connectivity index is 2.33. The van der Waals surface area contributed by atoms with Gasteiger partial charge in [-0.05, 0) is 55.8 Å². The van der Waals surface area contributed by atoms with E-state index in [9.17, 15) is 4.39 Å². The largest absolute Gasteiger partial charge is 0.457 e. The Hall–Kier alpha value is -1.39. The highest BCUT2D eigenvalue weighted by molar-refractivity contribution is 9.10. The zero-order chi connectivity index (χ0) is 15.4. The summed E-state index contributed by atoms with van der Waals surface area (Å²) in [5, 5.41) is 3.14. The van der Waals surface area contributed by atoms with E-state index in [4.69, 9.17) is 4.74 Å². The van der Waals surface area contributed by atoms with Crippen LogP contribution >= 0.6 is 15.9 Å². The van der Waals surface area contributed by atoms with Crippen molar-refractivity contribution in [2.75, 3.05) is 6.54 Å². The van der Waals surface area contributed by atoms with Crippen molar-refractivity contribution in [2.45, 2.75) is 27.3 Å². The summed E-state index contributed by atoms with van der Waals surface area (Å²) in [6.07, 6.45) is 0. The Labute approximate surface area is 133 Å². The van der Waals surface area contributed by atoms with Crippen LogP contribution in [0.3, 0.4) is 0 Å². The fourth-order valence-corrected chi connectivity index (χ4v) is 2.38. The van der Waals surface area contributed by atoms with E-state index in [1.54, 1.807) is 12.1 Å². The van der Waals surface area contributed by atoms with Gasteiger partial charge in [-0.25, -0.2) is 4.39 Å². The van der Waals surface area contributed by atoms with Gasteiger partial charge in [0, 0.05) is 16.6 Å². The number of hydrogen-bond acceptors (Lipinski definition) is 2. The highest BCUT2D eigenvalue weighted by Crippen LogP contribution is 2.31. The second-order valence-corrected chi connectivity index (χ2v) is 5.76. The van der Waals surface area contributed by atoms with E-state index in [2.05, 4.69) is 21.2 Å². The van der Waals surface area contributed by atoms with E-state index in [-0.39, 0.29) is 5.82 Å². The molecular weight excluding hydrogens is 333 g/mol. The van der Waals surface area contributed by atoms with Crippen LogP contribution < -0.4 is 10.1 Å². The summed E-state index contributed by atoms with van der Waals surface area (Å²) in [4.78, 5) is 0. The standard InChI is InChI=1S/C17H19BrFNO/c1-4-20-10-14-15(19)6-5-7-16(14)21-13-8-11(2)17(18)12(3)9-13/h5-9,20H,4,10H2,1-3H3. The molecule has 0 unspecified atom stereocenters. The molecule has 0 aliphatic carbocycles. The number of rotatable bonds is 5. The normalized spacial score (nSPS) is 10.7. The van der Waals surface area contributed by atoms with Crippen LogP contribution in [0.4, 0.5) is 4.39 Å². The van der Waals surface area contributed by atoms with E-state index < -0.39 is 0 Å². The molecule has 1 N–H and O–H groups in total. The number of nitrogens with one attached hydrogen (secondary N) is 1. The van der Waals surface area contributed by atoms with Crippen LogP contribution in [0.1, 0.15) is 23.6 Å². The second-order valence-electron chi connectivity index (χ2n) is 4.97. The van der Waals surface area contributed by atoms with Crippen LogP contribution in [0.5, 0.6) is 11.5 Å². The number of hydrogen-bond donors (Lipinski definition) is 1. The molecule has 2 aromatic rings. The zero-order valence-corrected chi connectivity index (χ0v) is 14.1. The van der Waals surface area contributed by atoms with Crippen LogP contribution in [-0.2, 0) is 6.54 Å². The summed E-state index contributed by atoms with van der Waals surface area (Å²) in [6.45, 7) is 7.24. The molecule has 0 heterocycles. The van der Waals surface area contributed by atoms with Crippen molar-refractivity contribution >= 4 is 15.9 Å². The molecule has 2 aromatic carbocycles. The van der Waals surface area contributed by atoms with E-state index >= 15 is 0 Å². The van der Waals surface area contributed by atoms with Crippen LogP contribution in [0.15, 0.2) is 34.8 Å². The molecule has 0 aromatic heterocycles. The maximum Gasteiger partial charge on any atom is 0.134 e. The molecule has 0 spiro atoms. The Morgan fingerprint density at radius 2 is 1.86 bits per heavy atom. The Kier molecular flexibility index (Phi) is 5.37. The van der Waals surface area contributed by atoms with Crippen LogP contribution in [0, 0.1) is 19.7 Å². The lowest BCUT2D eigenvalue weighted by atomic mass is 10.1. The number of benzene rings is 2. The molecule has 112 valence electrons. The van der Waals surface area contributed by atoms with E-state index in [1.807, 2.05) is 32.9 Å². The maximum absolute atomic E-state index is 14.0. The third-order valence-electron chi connectivity index (χ3n) is 3.27. The third kappa shape index (κ3) is 3.83. The van der Waals surface area contributed by atoms with Crippen molar-refractivity contribution in [1.29, 1.82) is 0 Å². The first-order valence-electron chi connectivity index (χ1n) is 6.95. The predicted octanol–water partition coefficient (Wildman–Crippen LogP) is 5.11. The van der Waals surface area contributed by atoms with Crippen LogP contribution in [0.2, 0.25) is 0 Å². The van der Waals surface area contributed by atoms with Gasteiger partial charge in [-0.15, -0.1) is 0 Å². The highest BCUT2D eigenvalue weighted by atomic mass is 79.9. The fourth-order valence-electron chi connectivity index (χ4n) is 2.15. The number of ether oxygens (including phenoxy) is 1. The van der Waals surface area contributed by atoms with Gasteiger partial charge in [-0.2, -0.15) is 0 Å². The highest BCUT2D eigenvalue weighted by Gasteiger charge is 2.11. The molecule has 0 radical (unpaired) electrons. The molecule has 0 bridgehead atoms. The summed E-state index contributed by atoms with van der Waals surface area (Å²) >= 11 is 3.53. The Bertz CT molecular complexity index is 620. The monoisotopic (exact) mass is 351 g/mol. The Morgan fingerprint density at radius 3 is 2.48 bits per heavy atom. The quantitative estimate of drug-likeness (QED) is 0.808. The number of aryl methyl sites for hydroxylation is 2. The SMILES string of the molecule is CCNCc1c(F)cccc1Oc1cc(C)c(Br)c(C)c1. The molecule has 21 heavy (non-hydrogen) atoms. The van der Waals surface area contributed by atoms with Gasteiger partial charge in [0.1, 0.15) is 17.3 Å². The first kappa shape index (κ1) is 16.0. The summed E-state index contributed by atoms with van der Waals surface area (Å²) < 4.78 is 20.9. The molecule has 0 saturated carbocycles.